The molecule has 3 amide bonds. The van der Waals surface area contributed by atoms with E-state index in [1.165, 1.54) is 0 Å². The molecule has 8 heteroatoms. The highest BCUT2D eigenvalue weighted by molar-refractivity contribution is 6.31. The standard InChI is InChI=1S/C33H31ClN2O5/c1-17(2)14-25(33(40)41-16-26(37)35-19-13-12-18(3)24(34)15-19)36-31(38)29-27-20-8-4-5-9-21(20)28(30(29)32(36)39)23-11-7-6-10-22(23)27/h4-13,15,17,25,27-30H,14,16H2,1-3H3,(H,35,37)/t25-,27?,28?,29-,30+/m0/s1. The lowest BCUT2D eigenvalue weighted by Crippen LogP contribution is -2.47. The summed E-state index contributed by atoms with van der Waals surface area (Å²) in [6.07, 6.45) is 0.236. The predicted octanol–water partition coefficient (Wildman–Crippen LogP) is 5.44. The normalized spacial score (nSPS) is 22.7. The molecule has 0 aromatic heterocycles. The lowest BCUT2D eigenvalue weighted by atomic mass is 9.55. The van der Waals surface area contributed by atoms with Crippen LogP contribution in [-0.4, -0.2) is 41.2 Å². The van der Waals surface area contributed by atoms with Crippen LogP contribution >= 0.6 is 11.6 Å². The average Bonchev–Trinajstić information content (AvgIpc) is 3.22. The van der Waals surface area contributed by atoms with Crippen molar-refractivity contribution in [2.75, 3.05) is 11.9 Å². The van der Waals surface area contributed by atoms with E-state index in [2.05, 4.69) is 5.32 Å². The van der Waals surface area contributed by atoms with Crippen molar-refractivity contribution in [1.82, 2.24) is 4.90 Å². The summed E-state index contributed by atoms with van der Waals surface area (Å²) in [5, 5.41) is 3.17. The van der Waals surface area contributed by atoms with Crippen LogP contribution in [0.4, 0.5) is 5.69 Å². The van der Waals surface area contributed by atoms with E-state index in [0.29, 0.717) is 10.7 Å². The molecule has 1 N–H and O–H groups in total. The molecule has 1 aliphatic heterocycles. The predicted molar refractivity (Wildman–Crippen MR) is 154 cm³/mol. The zero-order chi connectivity index (χ0) is 29.0. The van der Waals surface area contributed by atoms with Crippen LogP contribution in [0.15, 0.2) is 66.7 Å². The molecule has 7 rings (SSSR count). The summed E-state index contributed by atoms with van der Waals surface area (Å²) in [7, 11) is 0. The number of amides is 3. The Balaban J connectivity index is 1.26. The average molecular weight is 571 g/mol. The Morgan fingerprint density at radius 1 is 0.878 bits per heavy atom. The summed E-state index contributed by atoms with van der Waals surface area (Å²) in [4.78, 5) is 55.5. The van der Waals surface area contributed by atoms with Crippen LogP contribution in [0.1, 0.15) is 59.9 Å². The van der Waals surface area contributed by atoms with E-state index in [0.717, 1.165) is 32.7 Å². The Bertz CT molecular complexity index is 1470. The highest BCUT2D eigenvalue weighted by Gasteiger charge is 2.63. The summed E-state index contributed by atoms with van der Waals surface area (Å²) in [6.45, 7) is 5.14. The van der Waals surface area contributed by atoms with Crippen LogP contribution < -0.4 is 5.32 Å². The molecule has 4 aliphatic rings. The summed E-state index contributed by atoms with van der Waals surface area (Å²) < 4.78 is 5.42. The number of halogens is 1. The van der Waals surface area contributed by atoms with Gasteiger partial charge in [-0.3, -0.25) is 19.3 Å². The number of anilines is 1. The molecule has 3 aromatic rings. The monoisotopic (exact) mass is 570 g/mol. The van der Waals surface area contributed by atoms with Crippen molar-refractivity contribution < 1.29 is 23.9 Å². The smallest absolute Gasteiger partial charge is 0.329 e. The second-order valence-corrected chi connectivity index (χ2v) is 12.0. The third-order valence-corrected chi connectivity index (χ3v) is 8.97. The lowest BCUT2D eigenvalue weighted by molar-refractivity contribution is -0.160. The van der Waals surface area contributed by atoms with Crippen molar-refractivity contribution in [3.05, 3.63) is 99.6 Å². The van der Waals surface area contributed by atoms with Gasteiger partial charge in [0.15, 0.2) is 6.61 Å². The first-order valence-electron chi connectivity index (χ1n) is 13.9. The third kappa shape index (κ3) is 4.52. The minimum absolute atomic E-state index is 0.00887. The molecule has 3 aromatic carbocycles. The van der Waals surface area contributed by atoms with E-state index in [-0.39, 0.29) is 36.0 Å². The van der Waals surface area contributed by atoms with Crippen molar-refractivity contribution >= 4 is 41.0 Å². The zero-order valence-electron chi connectivity index (χ0n) is 23.1. The number of benzene rings is 3. The third-order valence-electron chi connectivity index (χ3n) is 8.56. The molecule has 1 saturated heterocycles. The molecule has 2 bridgehead atoms. The quantitative estimate of drug-likeness (QED) is 0.302. The first-order chi connectivity index (χ1) is 19.7. The van der Waals surface area contributed by atoms with Crippen LogP contribution in [0.3, 0.4) is 0 Å². The number of rotatable bonds is 7. The first-order valence-corrected chi connectivity index (χ1v) is 14.3. The van der Waals surface area contributed by atoms with E-state index in [4.69, 9.17) is 16.3 Å². The number of aryl methyl sites for hydroxylation is 1. The number of hydrogen-bond acceptors (Lipinski definition) is 5. The second kappa shape index (κ2) is 10.5. The molecule has 3 aliphatic carbocycles. The molecule has 1 fully saturated rings. The minimum Gasteiger partial charge on any atom is -0.454 e. The molecular formula is C33H31ClN2O5. The van der Waals surface area contributed by atoms with Gasteiger partial charge in [-0.25, -0.2) is 4.79 Å². The minimum atomic E-state index is -1.12. The highest BCUT2D eigenvalue weighted by Crippen LogP contribution is 2.61. The van der Waals surface area contributed by atoms with Crippen molar-refractivity contribution in [2.45, 2.75) is 45.1 Å². The number of nitrogens with zero attached hydrogens (tertiary/aromatic N) is 1. The SMILES string of the molecule is Cc1ccc(NC(=O)COC(=O)[C@H](CC(C)C)N2C(=O)[C@@H]3C4c5ccccc5C(c5ccccc54)[C@@H]3C2=O)cc1Cl. The Labute approximate surface area is 243 Å². The largest absolute Gasteiger partial charge is 0.454 e. The highest BCUT2D eigenvalue weighted by atomic mass is 35.5. The maximum absolute atomic E-state index is 14.1. The van der Waals surface area contributed by atoms with Crippen molar-refractivity contribution in [2.24, 2.45) is 17.8 Å². The summed E-state index contributed by atoms with van der Waals surface area (Å²) in [5.74, 6) is -3.71. The molecule has 0 radical (unpaired) electrons. The molecule has 0 spiro atoms. The number of hydrogen-bond donors (Lipinski definition) is 1. The molecule has 0 saturated carbocycles. The summed E-state index contributed by atoms with van der Waals surface area (Å²) >= 11 is 6.14. The maximum atomic E-state index is 14.1. The van der Waals surface area contributed by atoms with E-state index in [9.17, 15) is 19.2 Å². The van der Waals surface area contributed by atoms with Gasteiger partial charge in [-0.05, 0) is 59.2 Å². The van der Waals surface area contributed by atoms with E-state index in [1.54, 1.807) is 18.2 Å². The number of likely N-dealkylation sites (tertiary alicyclic amines) is 1. The lowest BCUT2D eigenvalue weighted by Gasteiger charge is -2.45. The fourth-order valence-corrected chi connectivity index (χ4v) is 7.04. The molecule has 41 heavy (non-hydrogen) atoms. The fourth-order valence-electron chi connectivity index (χ4n) is 6.86. The van der Waals surface area contributed by atoms with Crippen molar-refractivity contribution in [3.8, 4) is 0 Å². The molecule has 3 atom stereocenters. The van der Waals surface area contributed by atoms with Crippen LogP contribution in [-0.2, 0) is 23.9 Å². The Kier molecular flexibility index (Phi) is 6.94. The number of esters is 1. The molecule has 210 valence electrons. The van der Waals surface area contributed by atoms with Crippen LogP contribution in [0, 0.1) is 24.7 Å². The van der Waals surface area contributed by atoms with Crippen molar-refractivity contribution in [1.29, 1.82) is 0 Å². The number of nitrogens with one attached hydrogen (secondary N) is 1. The number of imide groups is 1. The topological polar surface area (TPSA) is 92.8 Å². The zero-order valence-corrected chi connectivity index (χ0v) is 23.9. The van der Waals surface area contributed by atoms with Crippen LogP contribution in [0.2, 0.25) is 5.02 Å². The second-order valence-electron chi connectivity index (χ2n) is 11.6. The molecule has 7 nitrogen and oxygen atoms in total. The number of carbonyl (C=O) groups is 4. The van der Waals surface area contributed by atoms with Crippen LogP contribution in [0.5, 0.6) is 0 Å². The summed E-state index contributed by atoms with van der Waals surface area (Å²) in [5.41, 5.74) is 5.61. The van der Waals surface area contributed by atoms with Gasteiger partial charge in [0.25, 0.3) is 5.91 Å². The van der Waals surface area contributed by atoms with E-state index < -0.39 is 36.4 Å². The van der Waals surface area contributed by atoms with Gasteiger partial charge < -0.3 is 10.1 Å². The Morgan fingerprint density at radius 3 is 1.85 bits per heavy atom. The van der Waals surface area contributed by atoms with E-state index >= 15 is 0 Å². The Hall–Kier alpha value is -3.97. The fraction of sp³-hybridized carbons (Fsp3) is 0.333. The number of carbonyl (C=O) groups excluding carboxylic acids is 4. The Morgan fingerprint density at radius 2 is 1.39 bits per heavy atom. The first kappa shape index (κ1) is 27.2. The van der Waals surface area contributed by atoms with Gasteiger partial charge in [-0.1, -0.05) is 80.0 Å². The van der Waals surface area contributed by atoms with Crippen LogP contribution in [0.25, 0.3) is 0 Å². The van der Waals surface area contributed by atoms with Gasteiger partial charge in [0.05, 0.1) is 11.8 Å². The molecule has 0 unspecified atom stereocenters. The van der Waals surface area contributed by atoms with E-state index in [1.807, 2.05) is 69.3 Å². The number of ether oxygens (including phenoxy) is 1. The van der Waals surface area contributed by atoms with Gasteiger partial charge in [0.2, 0.25) is 11.8 Å². The van der Waals surface area contributed by atoms with Gasteiger partial charge in [0, 0.05) is 22.5 Å². The van der Waals surface area contributed by atoms with Crippen molar-refractivity contribution in [3.63, 3.8) is 0 Å². The van der Waals surface area contributed by atoms with Gasteiger partial charge >= 0.3 is 5.97 Å². The maximum Gasteiger partial charge on any atom is 0.329 e. The van der Waals surface area contributed by atoms with Gasteiger partial charge in [0.1, 0.15) is 6.04 Å². The van der Waals surface area contributed by atoms with Gasteiger partial charge in [-0.2, -0.15) is 0 Å². The summed E-state index contributed by atoms with van der Waals surface area (Å²) in [6, 6.07) is 20.0. The van der Waals surface area contributed by atoms with Gasteiger partial charge in [-0.15, -0.1) is 0 Å². The molecule has 1 heterocycles. The molecular weight excluding hydrogens is 540 g/mol.